The van der Waals surface area contributed by atoms with Gasteiger partial charge in [-0.2, -0.15) is 0 Å². The van der Waals surface area contributed by atoms with Crippen LogP contribution in [0.3, 0.4) is 0 Å². The minimum Gasteiger partial charge on any atom is -0.412 e. The zero-order valence-electron chi connectivity index (χ0n) is 20.5. The summed E-state index contributed by atoms with van der Waals surface area (Å²) < 4.78 is 29.0. The summed E-state index contributed by atoms with van der Waals surface area (Å²) in [5, 5.41) is 11.5. The summed E-state index contributed by atoms with van der Waals surface area (Å²) in [6, 6.07) is 12.9. The predicted molar refractivity (Wildman–Crippen MR) is 139 cm³/mol. The number of halogens is 2. The van der Waals surface area contributed by atoms with Crippen molar-refractivity contribution in [1.82, 2.24) is 29.3 Å². The van der Waals surface area contributed by atoms with E-state index in [1.807, 2.05) is 11.6 Å². The van der Waals surface area contributed by atoms with Crippen molar-refractivity contribution in [2.75, 3.05) is 38.5 Å². The molecule has 196 valence electrons. The van der Waals surface area contributed by atoms with Gasteiger partial charge in [-0.05, 0) is 35.4 Å². The van der Waals surface area contributed by atoms with E-state index in [0.29, 0.717) is 12.3 Å². The lowest BCUT2D eigenvalue weighted by Gasteiger charge is -2.40. The molecule has 0 radical (unpaired) electrons. The summed E-state index contributed by atoms with van der Waals surface area (Å²) in [5.41, 5.74) is 3.46. The molecule has 37 heavy (non-hydrogen) atoms. The molecule has 11 heteroatoms. The molecule has 8 nitrogen and oxygen atoms in total. The number of imidazole rings is 1. The zero-order valence-corrected chi connectivity index (χ0v) is 21.3. The molecule has 0 saturated carbocycles. The Morgan fingerprint density at radius 1 is 0.892 bits per heavy atom. The van der Waals surface area contributed by atoms with Crippen molar-refractivity contribution in [1.29, 1.82) is 0 Å². The van der Waals surface area contributed by atoms with Gasteiger partial charge >= 0.3 is 0 Å². The molecule has 4 aromatic rings. The van der Waals surface area contributed by atoms with Crippen molar-refractivity contribution in [2.24, 2.45) is 7.05 Å². The second kappa shape index (κ2) is 12.1. The van der Waals surface area contributed by atoms with E-state index in [9.17, 15) is 13.9 Å². The van der Waals surface area contributed by atoms with E-state index >= 15 is 0 Å². The topological polar surface area (TPSA) is 102 Å². The maximum absolute atomic E-state index is 13.6. The van der Waals surface area contributed by atoms with E-state index in [1.54, 1.807) is 30.6 Å². The second-order valence-electron chi connectivity index (χ2n) is 9.01. The van der Waals surface area contributed by atoms with Crippen LogP contribution in [-0.2, 0) is 7.05 Å². The number of thioether (sulfide) groups is 1. The van der Waals surface area contributed by atoms with E-state index in [1.165, 1.54) is 42.4 Å². The molecule has 2 aromatic carbocycles. The number of aliphatic hydroxyl groups excluding tert-OH is 1. The van der Waals surface area contributed by atoms with Gasteiger partial charge in [0.25, 0.3) is 0 Å². The van der Waals surface area contributed by atoms with E-state index in [4.69, 9.17) is 0 Å². The molecular formula is C26H30F2N6O2S. The Morgan fingerprint density at radius 2 is 1.49 bits per heavy atom. The van der Waals surface area contributed by atoms with Crippen LogP contribution < -0.4 is 0 Å². The summed E-state index contributed by atoms with van der Waals surface area (Å²) in [4.78, 5) is 17.6. The highest BCUT2D eigenvalue weighted by Gasteiger charge is 2.27. The zero-order chi connectivity index (χ0) is 25.1. The van der Waals surface area contributed by atoms with Crippen LogP contribution in [0.2, 0.25) is 0 Å². The Kier molecular flexibility index (Phi) is 8.83. The van der Waals surface area contributed by atoms with Gasteiger partial charge in [-0.1, -0.05) is 24.3 Å². The average Bonchev–Trinajstić information content (AvgIpc) is 3.27. The number of benzene rings is 2. The predicted octanol–water partition coefficient (Wildman–Crippen LogP) is 2.68. The lowest BCUT2D eigenvalue weighted by molar-refractivity contribution is 0.0708. The van der Waals surface area contributed by atoms with Gasteiger partial charge < -0.3 is 15.1 Å². The summed E-state index contributed by atoms with van der Waals surface area (Å²) in [7, 11) is 1.89. The first-order valence-corrected chi connectivity index (χ1v) is 12.9. The van der Waals surface area contributed by atoms with Crippen molar-refractivity contribution in [3.8, 4) is 0 Å². The highest BCUT2D eigenvalue weighted by molar-refractivity contribution is 7.99. The average molecular weight is 529 g/mol. The number of aromatic nitrogens is 4. The number of aliphatic hydroxyl groups is 1. The van der Waals surface area contributed by atoms with Crippen LogP contribution in [0, 0.1) is 11.6 Å². The molecule has 1 aliphatic heterocycles. The van der Waals surface area contributed by atoms with Crippen LogP contribution in [0.5, 0.6) is 0 Å². The van der Waals surface area contributed by atoms with E-state index in [0.717, 1.165) is 53.5 Å². The van der Waals surface area contributed by atoms with Gasteiger partial charge in [0, 0.05) is 45.5 Å². The molecular weight excluding hydrogens is 498 g/mol. The first kappa shape index (κ1) is 27.1. The molecule has 1 aliphatic rings. The summed E-state index contributed by atoms with van der Waals surface area (Å²) in [6.45, 7) is 3.70. The van der Waals surface area contributed by atoms with Gasteiger partial charge in [-0.25, -0.2) is 23.7 Å². The highest BCUT2D eigenvalue weighted by atomic mass is 32.2. The standard InChI is InChI=1S/C26H28F2N6OS.H2O/c1-32-17-31-23-25(32)29-16-30-26(23)36-15-22(35)14-33-10-12-34(13-11-33)24(18-2-6-20(27)7-3-18)19-4-8-21(28)9-5-19;/h2-9,16-17,22,24,35H,10-15H2,1H3;1H2. The fourth-order valence-corrected chi connectivity index (χ4v) is 5.52. The quantitative estimate of drug-likeness (QED) is 0.277. The lowest BCUT2D eigenvalue weighted by atomic mass is 9.96. The Bertz CT molecular complexity index is 1250. The number of nitrogens with zero attached hydrogens (tertiary/aromatic N) is 6. The number of piperazine rings is 1. The number of β-amino-alcohol motifs (C(OH)–C–C–N with tert-alkyl or cyclic N) is 1. The number of aryl methyl sites for hydroxylation is 1. The maximum Gasteiger partial charge on any atom is 0.164 e. The minimum atomic E-state index is -0.514. The van der Waals surface area contributed by atoms with Crippen LogP contribution in [0.15, 0.2) is 66.2 Å². The number of hydrogen-bond donors (Lipinski definition) is 1. The molecule has 0 spiro atoms. The van der Waals surface area contributed by atoms with Crippen LogP contribution in [0.1, 0.15) is 17.2 Å². The van der Waals surface area contributed by atoms with Gasteiger partial charge in [0.1, 0.15) is 28.5 Å². The largest absolute Gasteiger partial charge is 0.412 e. The number of hydrogen-bond acceptors (Lipinski definition) is 7. The molecule has 0 amide bonds. The summed E-state index contributed by atoms with van der Waals surface area (Å²) >= 11 is 1.49. The van der Waals surface area contributed by atoms with Gasteiger partial charge in [-0.15, -0.1) is 11.8 Å². The fourth-order valence-electron chi connectivity index (χ4n) is 4.66. The maximum atomic E-state index is 13.6. The van der Waals surface area contributed by atoms with Crippen LogP contribution >= 0.6 is 11.8 Å². The first-order chi connectivity index (χ1) is 17.5. The van der Waals surface area contributed by atoms with E-state index in [2.05, 4.69) is 24.8 Å². The SMILES string of the molecule is Cn1cnc2c(SCC(O)CN3CCN(C(c4ccc(F)cc4)c4ccc(F)cc4)CC3)ncnc21.O. The number of rotatable bonds is 8. The highest BCUT2D eigenvalue weighted by Crippen LogP contribution is 2.30. The smallest absolute Gasteiger partial charge is 0.164 e. The van der Waals surface area contributed by atoms with Crippen molar-refractivity contribution < 1.29 is 19.4 Å². The third-order valence-electron chi connectivity index (χ3n) is 6.49. The third-order valence-corrected chi connectivity index (χ3v) is 7.61. The molecule has 1 saturated heterocycles. The van der Waals surface area contributed by atoms with Crippen molar-refractivity contribution in [3.05, 3.63) is 83.9 Å². The molecule has 1 unspecified atom stereocenters. The lowest BCUT2D eigenvalue weighted by Crippen LogP contribution is -2.50. The summed E-state index contributed by atoms with van der Waals surface area (Å²) in [5.74, 6) is -0.0468. The molecule has 1 atom stereocenters. The van der Waals surface area contributed by atoms with Gasteiger partial charge in [-0.3, -0.25) is 9.80 Å². The second-order valence-corrected chi connectivity index (χ2v) is 10.0. The van der Waals surface area contributed by atoms with Gasteiger partial charge in [0.2, 0.25) is 0 Å². The van der Waals surface area contributed by atoms with Gasteiger partial charge in [0.15, 0.2) is 5.65 Å². The molecule has 1 fully saturated rings. The fraction of sp³-hybridized carbons (Fsp3) is 0.346. The Morgan fingerprint density at radius 3 is 2.08 bits per heavy atom. The van der Waals surface area contributed by atoms with Crippen LogP contribution in [0.4, 0.5) is 8.78 Å². The molecule has 5 rings (SSSR count). The Balaban J connectivity index is 0.00000320. The first-order valence-electron chi connectivity index (χ1n) is 11.9. The molecule has 3 heterocycles. The van der Waals surface area contributed by atoms with Crippen molar-refractivity contribution in [2.45, 2.75) is 17.2 Å². The van der Waals surface area contributed by atoms with Gasteiger partial charge in [0.05, 0.1) is 18.5 Å². The third kappa shape index (κ3) is 6.31. The number of fused-ring (bicyclic) bond motifs is 1. The normalized spacial score (nSPS) is 15.7. The molecule has 3 N–H and O–H groups in total. The van der Waals surface area contributed by atoms with Crippen molar-refractivity contribution >= 4 is 22.9 Å². The minimum absolute atomic E-state index is 0. The summed E-state index contributed by atoms with van der Waals surface area (Å²) in [6.07, 6.45) is 2.72. The molecule has 0 bridgehead atoms. The van der Waals surface area contributed by atoms with E-state index in [-0.39, 0.29) is 23.2 Å². The Hall–Kier alpha value is -2.96. The Labute approximate surface area is 218 Å². The van der Waals surface area contributed by atoms with Crippen LogP contribution in [0.25, 0.3) is 11.2 Å². The molecule has 2 aromatic heterocycles. The van der Waals surface area contributed by atoms with E-state index < -0.39 is 6.10 Å². The molecule has 0 aliphatic carbocycles. The monoisotopic (exact) mass is 528 g/mol. The van der Waals surface area contributed by atoms with Crippen molar-refractivity contribution in [3.63, 3.8) is 0 Å². The van der Waals surface area contributed by atoms with Crippen LogP contribution in [-0.4, -0.2) is 84.5 Å².